The minimum atomic E-state index is -3.94. The summed E-state index contributed by atoms with van der Waals surface area (Å²) in [5.41, 5.74) is 3.04. The second-order valence-corrected chi connectivity index (χ2v) is 9.31. The molecule has 0 saturated heterocycles. The summed E-state index contributed by atoms with van der Waals surface area (Å²) in [5.74, 6) is -0.0415. The van der Waals surface area contributed by atoms with Crippen LogP contribution in [0.2, 0.25) is 0 Å². The first-order valence-corrected chi connectivity index (χ1v) is 12.0. The Morgan fingerprint density at radius 3 is 2.38 bits per heavy atom. The van der Waals surface area contributed by atoms with E-state index in [0.29, 0.717) is 22.7 Å². The summed E-state index contributed by atoms with van der Waals surface area (Å²) < 4.78 is 35.7. The molecular weight excluding hydrogens is 452 g/mol. The molecule has 4 rings (SSSR count). The van der Waals surface area contributed by atoms with Crippen molar-refractivity contribution in [1.82, 2.24) is 9.78 Å². The molecule has 0 saturated carbocycles. The van der Waals surface area contributed by atoms with Gasteiger partial charge in [-0.1, -0.05) is 36.4 Å². The van der Waals surface area contributed by atoms with Crippen LogP contribution in [0.15, 0.2) is 83.8 Å². The number of amides is 1. The zero-order chi connectivity index (χ0) is 24.3. The summed E-state index contributed by atoms with van der Waals surface area (Å²) in [6, 6.07) is 22.6. The zero-order valence-corrected chi connectivity index (χ0v) is 19.8. The molecule has 2 N–H and O–H groups in total. The van der Waals surface area contributed by atoms with Gasteiger partial charge in [-0.25, -0.2) is 13.1 Å². The van der Waals surface area contributed by atoms with Crippen molar-refractivity contribution < 1.29 is 17.9 Å². The lowest BCUT2D eigenvalue weighted by Crippen LogP contribution is -2.17. The van der Waals surface area contributed by atoms with Crippen LogP contribution in [-0.2, 0) is 10.0 Å². The first-order chi connectivity index (χ1) is 16.3. The van der Waals surface area contributed by atoms with Crippen LogP contribution >= 0.6 is 0 Å². The molecule has 0 spiro atoms. The van der Waals surface area contributed by atoms with E-state index < -0.39 is 15.9 Å². The number of nitrogens with zero attached hydrogens (tertiary/aromatic N) is 2. The van der Waals surface area contributed by atoms with E-state index >= 15 is 0 Å². The van der Waals surface area contributed by atoms with Crippen molar-refractivity contribution in [2.75, 3.05) is 17.1 Å². The molecular formula is C25H24N4O4S. The minimum absolute atomic E-state index is 0.0437. The summed E-state index contributed by atoms with van der Waals surface area (Å²) in [6.45, 7) is 3.55. The normalized spacial score (nSPS) is 11.1. The van der Waals surface area contributed by atoms with Gasteiger partial charge >= 0.3 is 0 Å². The molecule has 0 fully saturated rings. The van der Waals surface area contributed by atoms with Crippen LogP contribution in [-0.4, -0.2) is 31.2 Å². The maximum absolute atomic E-state index is 13.1. The Kier molecular flexibility index (Phi) is 6.38. The molecule has 3 aromatic carbocycles. The number of para-hydroxylation sites is 3. The molecule has 8 nitrogen and oxygen atoms in total. The molecule has 0 atom stereocenters. The van der Waals surface area contributed by atoms with Crippen LogP contribution in [0.25, 0.3) is 5.69 Å². The first-order valence-electron chi connectivity index (χ1n) is 10.5. The van der Waals surface area contributed by atoms with Crippen molar-refractivity contribution in [3.63, 3.8) is 0 Å². The van der Waals surface area contributed by atoms with E-state index in [2.05, 4.69) is 15.1 Å². The van der Waals surface area contributed by atoms with Crippen LogP contribution in [0.3, 0.4) is 0 Å². The van der Waals surface area contributed by atoms with E-state index in [1.165, 1.54) is 13.2 Å². The molecule has 1 aromatic heterocycles. The first kappa shape index (κ1) is 23.1. The average molecular weight is 477 g/mol. The van der Waals surface area contributed by atoms with Crippen molar-refractivity contribution in [2.24, 2.45) is 0 Å². The minimum Gasteiger partial charge on any atom is -0.495 e. The lowest BCUT2D eigenvalue weighted by molar-refractivity contribution is 0.102. The predicted octanol–water partition coefficient (Wildman–Crippen LogP) is 4.55. The highest BCUT2D eigenvalue weighted by Crippen LogP contribution is 2.28. The number of nitrogens with one attached hydrogen (secondary N) is 2. The Bertz CT molecular complexity index is 1450. The van der Waals surface area contributed by atoms with E-state index in [0.717, 1.165) is 11.4 Å². The highest BCUT2D eigenvalue weighted by atomic mass is 32.2. The number of aryl methyl sites for hydroxylation is 2. The van der Waals surface area contributed by atoms with E-state index in [1.54, 1.807) is 54.1 Å². The molecule has 174 valence electrons. The highest BCUT2D eigenvalue weighted by Gasteiger charge is 2.21. The molecule has 0 aliphatic heterocycles. The molecule has 0 aliphatic carbocycles. The molecule has 0 radical (unpaired) electrons. The molecule has 1 amide bonds. The average Bonchev–Trinajstić information content (AvgIpc) is 3.22. The summed E-state index contributed by atoms with van der Waals surface area (Å²) in [6.07, 6.45) is 0. The Labute approximate surface area is 198 Å². The fraction of sp³-hybridized carbons (Fsp3) is 0.120. The molecule has 0 unspecified atom stereocenters. The number of anilines is 2. The number of methoxy groups -OCH3 is 1. The molecule has 4 aromatic rings. The van der Waals surface area contributed by atoms with Crippen molar-refractivity contribution in [3.05, 3.63) is 95.8 Å². The fourth-order valence-corrected chi connectivity index (χ4v) is 4.85. The molecule has 1 heterocycles. The summed E-state index contributed by atoms with van der Waals surface area (Å²) in [4.78, 5) is 12.9. The number of carbonyl (C=O) groups is 1. The third-order valence-electron chi connectivity index (χ3n) is 5.21. The molecule has 34 heavy (non-hydrogen) atoms. The van der Waals surface area contributed by atoms with Crippen LogP contribution in [0.1, 0.15) is 21.7 Å². The third-order valence-corrected chi connectivity index (χ3v) is 6.72. The van der Waals surface area contributed by atoms with E-state index in [4.69, 9.17) is 4.74 Å². The second-order valence-electron chi connectivity index (χ2n) is 7.66. The number of hydrogen-bond acceptors (Lipinski definition) is 5. The lowest BCUT2D eigenvalue weighted by Gasteiger charge is -2.14. The number of hydrogen-bond donors (Lipinski definition) is 2. The van der Waals surface area contributed by atoms with Crippen LogP contribution in [0, 0.1) is 13.8 Å². The van der Waals surface area contributed by atoms with Crippen molar-refractivity contribution in [3.8, 4) is 11.4 Å². The molecule has 0 aliphatic rings. The van der Waals surface area contributed by atoms with Gasteiger partial charge in [0.05, 0.1) is 23.4 Å². The second kappa shape index (κ2) is 9.40. The quantitative estimate of drug-likeness (QED) is 0.407. The van der Waals surface area contributed by atoms with Crippen molar-refractivity contribution in [1.29, 1.82) is 0 Å². The molecule has 0 bridgehead atoms. The number of sulfonamides is 1. The van der Waals surface area contributed by atoms with Gasteiger partial charge in [0.1, 0.15) is 5.75 Å². The zero-order valence-electron chi connectivity index (χ0n) is 18.9. The van der Waals surface area contributed by atoms with E-state index in [-0.39, 0.29) is 10.6 Å². The predicted molar refractivity (Wildman–Crippen MR) is 131 cm³/mol. The summed E-state index contributed by atoms with van der Waals surface area (Å²) >= 11 is 0. The Morgan fingerprint density at radius 1 is 0.941 bits per heavy atom. The Morgan fingerprint density at radius 2 is 1.65 bits per heavy atom. The Balaban J connectivity index is 1.58. The van der Waals surface area contributed by atoms with Crippen molar-refractivity contribution in [2.45, 2.75) is 18.7 Å². The summed E-state index contributed by atoms with van der Waals surface area (Å²) in [7, 11) is -2.47. The van der Waals surface area contributed by atoms with Gasteiger partial charge in [-0.2, -0.15) is 5.10 Å². The Hall–Kier alpha value is -4.11. The standard InChI is InChI=1S/C25H24N4O4S/c1-17-13-14-19(16-24(17)34(31,32)28-21-11-7-8-12-23(21)33-3)26-25(30)22-15-18(2)29(27-22)20-9-5-4-6-10-20/h4-16,28H,1-3H3,(H,26,30). The van der Waals surface area contributed by atoms with Crippen LogP contribution in [0.5, 0.6) is 5.75 Å². The lowest BCUT2D eigenvalue weighted by atomic mass is 10.2. The SMILES string of the molecule is COc1ccccc1NS(=O)(=O)c1cc(NC(=O)c2cc(C)n(-c3ccccc3)n2)ccc1C. The van der Waals surface area contributed by atoms with Gasteiger partial charge in [0.15, 0.2) is 5.69 Å². The monoisotopic (exact) mass is 476 g/mol. The highest BCUT2D eigenvalue weighted by molar-refractivity contribution is 7.92. The summed E-state index contributed by atoms with van der Waals surface area (Å²) in [5, 5.41) is 7.14. The van der Waals surface area contributed by atoms with E-state index in [1.807, 2.05) is 37.3 Å². The van der Waals surface area contributed by atoms with Gasteiger partial charge in [0.2, 0.25) is 0 Å². The largest absolute Gasteiger partial charge is 0.495 e. The van der Waals surface area contributed by atoms with Gasteiger partial charge in [-0.3, -0.25) is 9.52 Å². The number of aromatic nitrogens is 2. The van der Waals surface area contributed by atoms with E-state index in [9.17, 15) is 13.2 Å². The van der Waals surface area contributed by atoms with Gasteiger partial charge in [0.25, 0.3) is 15.9 Å². The number of rotatable bonds is 7. The van der Waals surface area contributed by atoms with Gasteiger partial charge < -0.3 is 10.1 Å². The van der Waals surface area contributed by atoms with Gasteiger partial charge in [-0.05, 0) is 61.9 Å². The number of benzene rings is 3. The van der Waals surface area contributed by atoms with Crippen molar-refractivity contribution >= 4 is 27.3 Å². The maximum atomic E-state index is 13.1. The van der Waals surface area contributed by atoms with Gasteiger partial charge in [0, 0.05) is 11.4 Å². The maximum Gasteiger partial charge on any atom is 0.276 e. The molecule has 9 heteroatoms. The topological polar surface area (TPSA) is 102 Å². The number of ether oxygens (including phenoxy) is 1. The van der Waals surface area contributed by atoms with Gasteiger partial charge in [-0.15, -0.1) is 0 Å². The van der Waals surface area contributed by atoms with Crippen LogP contribution in [0.4, 0.5) is 11.4 Å². The number of carbonyl (C=O) groups excluding carboxylic acids is 1. The fourth-order valence-electron chi connectivity index (χ4n) is 3.51. The third kappa shape index (κ3) is 4.79. The smallest absolute Gasteiger partial charge is 0.276 e. The van der Waals surface area contributed by atoms with Crippen LogP contribution < -0.4 is 14.8 Å².